The van der Waals surface area contributed by atoms with Gasteiger partial charge in [0.1, 0.15) is 11.5 Å². The van der Waals surface area contributed by atoms with Crippen LogP contribution in [0.5, 0.6) is 11.5 Å². The normalized spacial score (nSPS) is 10.7. The van der Waals surface area contributed by atoms with Crippen LogP contribution in [0.15, 0.2) is 50.4 Å². The van der Waals surface area contributed by atoms with Crippen molar-refractivity contribution in [3.63, 3.8) is 0 Å². The summed E-state index contributed by atoms with van der Waals surface area (Å²) in [5, 5.41) is 13.8. The second kappa shape index (κ2) is 8.12. The topological polar surface area (TPSA) is 70.9 Å². The number of hydrogen-bond acceptors (Lipinski definition) is 4. The molecule has 5 nitrogen and oxygen atoms in total. The van der Waals surface area contributed by atoms with Gasteiger partial charge in [0.25, 0.3) is 0 Å². The molecule has 0 saturated carbocycles. The Morgan fingerprint density at radius 2 is 2.00 bits per heavy atom. The number of amides is 1. The molecule has 0 aliphatic heterocycles. The SMILES string of the molecule is COc1cc(Br)c(O)c(/C=N/NC(=O)Cc2ccc(Br)cc2)c1. The molecule has 0 unspecified atom stereocenters. The number of nitrogens with one attached hydrogen (secondary N) is 1. The molecule has 0 aliphatic rings. The third-order valence-corrected chi connectivity index (χ3v) is 4.11. The van der Waals surface area contributed by atoms with Crippen molar-refractivity contribution in [2.75, 3.05) is 7.11 Å². The van der Waals surface area contributed by atoms with Gasteiger partial charge in [-0.3, -0.25) is 4.79 Å². The van der Waals surface area contributed by atoms with Gasteiger partial charge in [-0.15, -0.1) is 0 Å². The average Bonchev–Trinajstić information content (AvgIpc) is 2.53. The maximum absolute atomic E-state index is 11.8. The van der Waals surface area contributed by atoms with Gasteiger partial charge >= 0.3 is 0 Å². The van der Waals surface area contributed by atoms with Crippen LogP contribution in [0.3, 0.4) is 0 Å². The summed E-state index contributed by atoms with van der Waals surface area (Å²) in [5.74, 6) is 0.346. The molecular formula is C16H14Br2N2O3. The number of aromatic hydroxyl groups is 1. The van der Waals surface area contributed by atoms with Gasteiger partial charge in [-0.1, -0.05) is 28.1 Å². The minimum absolute atomic E-state index is 0.0247. The van der Waals surface area contributed by atoms with Gasteiger partial charge in [-0.05, 0) is 45.8 Å². The van der Waals surface area contributed by atoms with Gasteiger partial charge in [0.15, 0.2) is 0 Å². The summed E-state index contributed by atoms with van der Waals surface area (Å²) in [5.41, 5.74) is 3.74. The smallest absolute Gasteiger partial charge is 0.244 e. The maximum Gasteiger partial charge on any atom is 0.244 e. The highest BCUT2D eigenvalue weighted by atomic mass is 79.9. The van der Waals surface area contributed by atoms with Gasteiger partial charge < -0.3 is 9.84 Å². The van der Waals surface area contributed by atoms with Gasteiger partial charge in [0.05, 0.1) is 24.2 Å². The quantitative estimate of drug-likeness (QED) is 0.549. The molecule has 0 spiro atoms. The maximum atomic E-state index is 11.8. The second-order valence-electron chi connectivity index (χ2n) is 4.64. The molecule has 2 aromatic rings. The number of methoxy groups -OCH3 is 1. The number of nitrogens with zero attached hydrogens (tertiary/aromatic N) is 1. The second-order valence-corrected chi connectivity index (χ2v) is 6.41. The lowest BCUT2D eigenvalue weighted by molar-refractivity contribution is -0.120. The van der Waals surface area contributed by atoms with Crippen LogP contribution in [0.25, 0.3) is 0 Å². The van der Waals surface area contributed by atoms with Crippen molar-refractivity contribution in [2.45, 2.75) is 6.42 Å². The summed E-state index contributed by atoms with van der Waals surface area (Å²) in [6.45, 7) is 0. The molecule has 0 aliphatic carbocycles. The Kier molecular flexibility index (Phi) is 6.18. The van der Waals surface area contributed by atoms with Crippen LogP contribution >= 0.6 is 31.9 Å². The van der Waals surface area contributed by atoms with Crippen molar-refractivity contribution >= 4 is 44.0 Å². The number of hydrogen-bond donors (Lipinski definition) is 2. The fourth-order valence-electron chi connectivity index (χ4n) is 1.81. The molecule has 23 heavy (non-hydrogen) atoms. The third-order valence-electron chi connectivity index (χ3n) is 2.97. The van der Waals surface area contributed by atoms with Crippen molar-refractivity contribution in [2.24, 2.45) is 5.10 Å². The van der Waals surface area contributed by atoms with Crippen LogP contribution in [0.2, 0.25) is 0 Å². The zero-order chi connectivity index (χ0) is 16.8. The molecular weight excluding hydrogens is 428 g/mol. The molecule has 0 saturated heterocycles. The van der Waals surface area contributed by atoms with E-state index in [9.17, 15) is 9.90 Å². The lowest BCUT2D eigenvalue weighted by Gasteiger charge is -2.06. The zero-order valence-electron chi connectivity index (χ0n) is 12.2. The van der Waals surface area contributed by atoms with Crippen LogP contribution in [0, 0.1) is 0 Å². The Balaban J connectivity index is 2.00. The zero-order valence-corrected chi connectivity index (χ0v) is 15.4. The Labute approximate surface area is 150 Å². The molecule has 0 fully saturated rings. The average molecular weight is 442 g/mol. The number of phenols is 1. The molecule has 0 radical (unpaired) electrons. The first-order chi connectivity index (χ1) is 11.0. The Morgan fingerprint density at radius 1 is 1.30 bits per heavy atom. The molecule has 0 aromatic heterocycles. The van der Waals surface area contributed by atoms with E-state index in [2.05, 4.69) is 42.4 Å². The van der Waals surface area contributed by atoms with Crippen molar-refractivity contribution < 1.29 is 14.6 Å². The van der Waals surface area contributed by atoms with E-state index in [0.29, 0.717) is 15.8 Å². The molecule has 0 bridgehead atoms. The summed E-state index contributed by atoms with van der Waals surface area (Å²) < 4.78 is 6.56. The van der Waals surface area contributed by atoms with E-state index in [1.165, 1.54) is 13.3 Å². The highest BCUT2D eigenvalue weighted by Crippen LogP contribution is 2.31. The molecule has 120 valence electrons. The predicted molar refractivity (Wildman–Crippen MR) is 95.9 cm³/mol. The van der Waals surface area contributed by atoms with Crippen molar-refractivity contribution in [3.8, 4) is 11.5 Å². The van der Waals surface area contributed by atoms with E-state index >= 15 is 0 Å². The lowest BCUT2D eigenvalue weighted by Crippen LogP contribution is -2.19. The fraction of sp³-hybridized carbons (Fsp3) is 0.125. The molecule has 2 N–H and O–H groups in total. The standard InChI is InChI=1S/C16H14Br2N2O3/c1-23-13-7-11(16(22)14(18)8-13)9-19-20-15(21)6-10-2-4-12(17)5-3-10/h2-5,7-9,22H,6H2,1H3,(H,20,21)/b19-9+. The largest absolute Gasteiger partial charge is 0.506 e. The lowest BCUT2D eigenvalue weighted by atomic mass is 10.1. The van der Waals surface area contributed by atoms with Crippen LogP contribution in [0.4, 0.5) is 0 Å². The summed E-state index contributed by atoms with van der Waals surface area (Å²) in [7, 11) is 1.53. The van der Waals surface area contributed by atoms with Gasteiger partial charge in [0, 0.05) is 10.0 Å². The first-order valence-electron chi connectivity index (χ1n) is 6.62. The number of phenolic OH excluding ortho intramolecular Hbond substituents is 1. The Bertz CT molecular complexity index is 731. The molecule has 2 rings (SSSR count). The van der Waals surface area contributed by atoms with Gasteiger partial charge in [-0.25, -0.2) is 5.43 Å². The van der Waals surface area contributed by atoms with Crippen LogP contribution in [-0.4, -0.2) is 24.3 Å². The molecule has 1 amide bonds. The molecule has 7 heteroatoms. The monoisotopic (exact) mass is 440 g/mol. The van der Waals surface area contributed by atoms with Crippen LogP contribution < -0.4 is 10.2 Å². The number of carbonyl (C=O) groups excluding carboxylic acids is 1. The number of hydrazone groups is 1. The first kappa shape index (κ1) is 17.5. The van der Waals surface area contributed by atoms with E-state index in [-0.39, 0.29) is 18.1 Å². The number of ether oxygens (including phenoxy) is 1. The summed E-state index contributed by atoms with van der Waals surface area (Å²) in [6.07, 6.45) is 1.58. The molecule has 0 heterocycles. The van der Waals surface area contributed by atoms with Crippen molar-refractivity contribution in [1.29, 1.82) is 0 Å². The van der Waals surface area contributed by atoms with E-state index in [1.807, 2.05) is 24.3 Å². The Morgan fingerprint density at radius 3 is 2.65 bits per heavy atom. The highest BCUT2D eigenvalue weighted by molar-refractivity contribution is 9.10. The van der Waals surface area contributed by atoms with Gasteiger partial charge in [0.2, 0.25) is 5.91 Å². The summed E-state index contributed by atoms with van der Waals surface area (Å²) >= 11 is 6.57. The number of rotatable bonds is 5. The van der Waals surface area contributed by atoms with E-state index in [4.69, 9.17) is 4.74 Å². The fourth-order valence-corrected chi connectivity index (χ4v) is 2.53. The summed E-state index contributed by atoms with van der Waals surface area (Å²) in [6, 6.07) is 10.7. The molecule has 2 aromatic carbocycles. The summed E-state index contributed by atoms with van der Waals surface area (Å²) in [4.78, 5) is 11.8. The number of carbonyl (C=O) groups is 1. The first-order valence-corrected chi connectivity index (χ1v) is 8.21. The minimum Gasteiger partial charge on any atom is -0.506 e. The number of benzene rings is 2. The highest BCUT2D eigenvalue weighted by Gasteiger charge is 2.07. The van der Waals surface area contributed by atoms with Gasteiger partial charge in [-0.2, -0.15) is 5.10 Å². The minimum atomic E-state index is -0.245. The number of halogens is 2. The third kappa shape index (κ3) is 5.07. The van der Waals surface area contributed by atoms with Crippen molar-refractivity contribution in [3.05, 3.63) is 56.5 Å². The Hall–Kier alpha value is -1.86. The van der Waals surface area contributed by atoms with E-state index < -0.39 is 0 Å². The van der Waals surface area contributed by atoms with Crippen LogP contribution in [0.1, 0.15) is 11.1 Å². The molecule has 0 atom stereocenters. The van der Waals surface area contributed by atoms with Crippen LogP contribution in [-0.2, 0) is 11.2 Å². The predicted octanol–water partition coefficient (Wildman–Crippen LogP) is 3.62. The van der Waals surface area contributed by atoms with E-state index in [1.54, 1.807) is 12.1 Å². The van der Waals surface area contributed by atoms with E-state index in [0.717, 1.165) is 10.0 Å². The van der Waals surface area contributed by atoms with Crippen molar-refractivity contribution in [1.82, 2.24) is 5.43 Å².